The molecule has 8 heteroatoms. The Morgan fingerprint density at radius 3 is 2.68 bits per heavy atom. The summed E-state index contributed by atoms with van der Waals surface area (Å²) in [5.74, 6) is 0.763. The topological polar surface area (TPSA) is 68.3 Å². The Kier molecular flexibility index (Phi) is 7.62. The molecule has 0 spiro atoms. The van der Waals surface area contributed by atoms with Gasteiger partial charge in [0, 0.05) is 57.0 Å². The zero-order chi connectivity index (χ0) is 26.0. The number of rotatable bonds is 10. The highest BCUT2D eigenvalue weighted by Gasteiger charge is 2.23. The van der Waals surface area contributed by atoms with Crippen molar-refractivity contribution in [2.45, 2.75) is 71.5 Å². The van der Waals surface area contributed by atoms with Crippen molar-refractivity contribution < 1.29 is 9.84 Å². The van der Waals surface area contributed by atoms with Crippen LogP contribution in [0.4, 0.5) is 0 Å². The number of hydrogen-bond acceptors (Lipinski definition) is 5. The summed E-state index contributed by atoms with van der Waals surface area (Å²) in [5.41, 5.74) is 5.68. The highest BCUT2D eigenvalue weighted by molar-refractivity contribution is 6.76. The van der Waals surface area contributed by atoms with E-state index in [2.05, 4.69) is 83.5 Å². The minimum Gasteiger partial charge on any atom is -0.385 e. The molecule has 2 aromatic carbocycles. The third kappa shape index (κ3) is 6.38. The Morgan fingerprint density at radius 1 is 1.08 bits per heavy atom. The standard InChI is InChI=1S/C29H39N5O2Si/c1-22-14-24(15-25-19-33(31-28(22)25)21-36-12-13-37(2,3)4)16-27(35)29-30-17-26-20-32(10-11-34(26)29)18-23-8-6-5-7-9-23/h5-9,14-15,17,19,27,35H,10-13,16,18,20-21H2,1-4H3/q-1. The molecule has 0 saturated carbocycles. The van der Waals surface area contributed by atoms with Crippen LogP contribution in [0.3, 0.4) is 0 Å². The molecule has 4 aromatic rings. The van der Waals surface area contributed by atoms with Gasteiger partial charge in [-0.2, -0.15) is 24.7 Å². The maximum Gasteiger partial charge on any atom is 0.139 e. The highest BCUT2D eigenvalue weighted by Crippen LogP contribution is 2.26. The molecule has 7 nitrogen and oxygen atoms in total. The fourth-order valence-corrected chi connectivity index (χ4v) is 5.83. The van der Waals surface area contributed by atoms with Crippen LogP contribution in [0.1, 0.15) is 34.3 Å². The quantitative estimate of drug-likeness (QED) is 0.233. The lowest BCUT2D eigenvalue weighted by Crippen LogP contribution is -2.34. The average molecular weight is 518 g/mol. The second-order valence-electron chi connectivity index (χ2n) is 11.5. The molecule has 2 aromatic heterocycles. The number of fused-ring (bicyclic) bond motifs is 2. The third-order valence-corrected chi connectivity index (χ3v) is 8.80. The van der Waals surface area contributed by atoms with Gasteiger partial charge in [-0.3, -0.25) is 4.90 Å². The van der Waals surface area contributed by atoms with E-state index in [0.29, 0.717) is 13.2 Å². The van der Waals surface area contributed by atoms with Crippen molar-refractivity contribution in [2.75, 3.05) is 13.2 Å². The number of aromatic nitrogens is 4. The number of ether oxygens (including phenoxy) is 1. The predicted molar refractivity (Wildman–Crippen MR) is 150 cm³/mol. The zero-order valence-electron chi connectivity index (χ0n) is 22.5. The first-order valence-electron chi connectivity index (χ1n) is 13.3. The highest BCUT2D eigenvalue weighted by atomic mass is 28.3. The number of benzene rings is 2. The Morgan fingerprint density at radius 2 is 1.89 bits per heavy atom. The average Bonchev–Trinajstić information content (AvgIpc) is 3.46. The number of aryl methyl sites for hydroxylation is 1. The molecule has 0 amide bonds. The lowest BCUT2D eigenvalue weighted by atomic mass is 10.0. The van der Waals surface area contributed by atoms with Gasteiger partial charge in [0.2, 0.25) is 0 Å². The van der Waals surface area contributed by atoms with E-state index in [9.17, 15) is 5.11 Å². The molecule has 0 fully saturated rings. The second kappa shape index (κ2) is 10.9. The largest absolute Gasteiger partial charge is 0.385 e. The summed E-state index contributed by atoms with van der Waals surface area (Å²) in [7, 11) is -1.10. The molecule has 0 bridgehead atoms. The Labute approximate surface area is 220 Å². The first-order valence-corrected chi connectivity index (χ1v) is 17.0. The van der Waals surface area contributed by atoms with E-state index in [1.165, 1.54) is 11.3 Å². The van der Waals surface area contributed by atoms with Crippen LogP contribution in [0.15, 0.2) is 54.9 Å². The summed E-state index contributed by atoms with van der Waals surface area (Å²) in [4.78, 5) is 7.08. The van der Waals surface area contributed by atoms with Crippen molar-refractivity contribution in [1.82, 2.24) is 24.2 Å². The molecule has 1 N–H and O–H groups in total. The lowest BCUT2D eigenvalue weighted by molar-refractivity contribution is 0.0791. The number of aliphatic hydroxyl groups excluding tert-OH is 1. The lowest BCUT2D eigenvalue weighted by Gasteiger charge is -2.29. The van der Waals surface area contributed by atoms with E-state index in [1.54, 1.807) is 0 Å². The Hall–Kier alpha value is -2.78. The number of hydrogen-bond donors (Lipinski definition) is 1. The SMILES string of the molecule is Cc1cc(CC(O)c2ncc3n2CCN(Cc2ccccc2)C3)cc2cn(COCC[Si-](C)(C)C)nc12. The van der Waals surface area contributed by atoms with E-state index in [1.807, 2.05) is 17.1 Å². The fourth-order valence-electron chi connectivity index (χ4n) is 5.08. The molecule has 0 aliphatic carbocycles. The van der Waals surface area contributed by atoms with Crippen LogP contribution in [0.2, 0.25) is 25.7 Å². The van der Waals surface area contributed by atoms with E-state index >= 15 is 0 Å². The first-order chi connectivity index (χ1) is 17.7. The van der Waals surface area contributed by atoms with Crippen molar-refractivity contribution >= 4 is 19.0 Å². The number of imidazole rings is 1. The van der Waals surface area contributed by atoms with Gasteiger partial charge in [-0.15, -0.1) is 14.1 Å². The van der Waals surface area contributed by atoms with Gasteiger partial charge in [-0.05, 0) is 29.7 Å². The van der Waals surface area contributed by atoms with E-state index in [4.69, 9.17) is 9.84 Å². The molecule has 3 heterocycles. The minimum atomic E-state index is -1.10. The molecular weight excluding hydrogens is 478 g/mol. The molecule has 1 unspecified atom stereocenters. The molecule has 0 saturated heterocycles. The monoisotopic (exact) mass is 517 g/mol. The van der Waals surface area contributed by atoms with Crippen LogP contribution in [0.25, 0.3) is 10.9 Å². The molecule has 1 aliphatic heterocycles. The fraction of sp³-hybridized carbons (Fsp3) is 0.448. The Balaban J connectivity index is 1.23. The summed E-state index contributed by atoms with van der Waals surface area (Å²) in [6.45, 7) is 14.0. The van der Waals surface area contributed by atoms with Gasteiger partial charge in [-0.25, -0.2) is 9.67 Å². The second-order valence-corrected chi connectivity index (χ2v) is 17.2. The molecule has 0 radical (unpaired) electrons. The van der Waals surface area contributed by atoms with Crippen LogP contribution in [-0.4, -0.2) is 50.6 Å². The minimum absolute atomic E-state index is 0.470. The first kappa shape index (κ1) is 25.8. The summed E-state index contributed by atoms with van der Waals surface area (Å²) >= 11 is 0. The molecule has 1 atom stereocenters. The van der Waals surface area contributed by atoms with Crippen molar-refractivity contribution in [2.24, 2.45) is 0 Å². The van der Waals surface area contributed by atoms with Gasteiger partial charge in [0.05, 0.1) is 11.2 Å². The van der Waals surface area contributed by atoms with Crippen molar-refractivity contribution in [1.29, 1.82) is 0 Å². The van der Waals surface area contributed by atoms with Gasteiger partial charge in [-0.1, -0.05) is 36.4 Å². The maximum absolute atomic E-state index is 11.2. The van der Waals surface area contributed by atoms with Gasteiger partial charge < -0.3 is 14.4 Å². The number of nitrogens with zero attached hydrogens (tertiary/aromatic N) is 5. The van der Waals surface area contributed by atoms with E-state index in [0.717, 1.165) is 66.7 Å². The van der Waals surface area contributed by atoms with Crippen LogP contribution in [-0.2, 0) is 37.5 Å². The van der Waals surface area contributed by atoms with Crippen molar-refractivity contribution in [3.05, 3.63) is 83.1 Å². The molecule has 197 valence electrons. The van der Waals surface area contributed by atoms with Crippen LogP contribution in [0, 0.1) is 6.92 Å². The smallest absolute Gasteiger partial charge is 0.139 e. The molecule has 5 rings (SSSR count). The van der Waals surface area contributed by atoms with Crippen LogP contribution >= 0.6 is 0 Å². The summed E-state index contributed by atoms with van der Waals surface area (Å²) in [6.07, 6.45) is 3.85. The maximum atomic E-state index is 11.2. The Bertz CT molecular complexity index is 1340. The summed E-state index contributed by atoms with van der Waals surface area (Å²) in [5, 5.41) is 17.0. The third-order valence-electron chi connectivity index (χ3n) is 7.10. The zero-order valence-corrected chi connectivity index (χ0v) is 23.5. The van der Waals surface area contributed by atoms with E-state index in [-0.39, 0.29) is 0 Å². The van der Waals surface area contributed by atoms with Crippen LogP contribution in [0.5, 0.6) is 0 Å². The summed E-state index contributed by atoms with van der Waals surface area (Å²) < 4.78 is 9.97. The van der Waals surface area contributed by atoms with Gasteiger partial charge in [0.15, 0.2) is 0 Å². The molecule has 1 aliphatic rings. The van der Waals surface area contributed by atoms with Gasteiger partial charge in [0.1, 0.15) is 18.7 Å². The van der Waals surface area contributed by atoms with Crippen molar-refractivity contribution in [3.63, 3.8) is 0 Å². The molecule has 37 heavy (non-hydrogen) atoms. The van der Waals surface area contributed by atoms with Crippen LogP contribution < -0.4 is 0 Å². The normalized spacial score (nSPS) is 15.3. The predicted octanol–water partition coefficient (Wildman–Crippen LogP) is 5.15. The summed E-state index contributed by atoms with van der Waals surface area (Å²) in [6, 6.07) is 16.0. The molecular formula is C29H39N5O2Si-. The number of aliphatic hydroxyl groups is 1. The van der Waals surface area contributed by atoms with E-state index < -0.39 is 14.2 Å². The van der Waals surface area contributed by atoms with Gasteiger partial charge >= 0.3 is 0 Å². The van der Waals surface area contributed by atoms with Crippen molar-refractivity contribution in [3.8, 4) is 0 Å². The van der Waals surface area contributed by atoms with Gasteiger partial charge in [0.25, 0.3) is 0 Å².